The zero-order valence-electron chi connectivity index (χ0n) is 21.7. The van der Waals surface area contributed by atoms with Crippen LogP contribution in [-0.4, -0.2) is 35.2 Å². The Hall–Kier alpha value is -1.75. The molecule has 7 atom stereocenters. The lowest BCUT2D eigenvalue weighted by molar-refractivity contribution is -0.119. The topological polar surface area (TPSA) is 83.5 Å². The summed E-state index contributed by atoms with van der Waals surface area (Å²) in [6, 6.07) is 0. The van der Waals surface area contributed by atoms with E-state index in [9.17, 15) is 19.5 Å². The van der Waals surface area contributed by atoms with E-state index in [2.05, 4.69) is 25.2 Å². The number of aliphatic hydroxyl groups is 1. The Labute approximate surface area is 204 Å². The average Bonchev–Trinajstić information content (AvgIpc) is 3.05. The first kappa shape index (κ1) is 25.3. The normalized spacial score (nSPS) is 39.4. The standard InChI is InChI=1S/C29H43NO4/c1-17(16-30-19(3)31)6-9-25(33)18(2)27-26(34)15-24-22-8-7-20-14-21(32)10-12-28(20,4)23(22)11-13-29(24,27)5/h7,17,21-24,32H,6,8-16H2,1-5H3,(H,30,31)/b27-18+/t17-,21-,22-,23+,24-,28-,29-/m0/s1. The molecule has 4 rings (SSSR count). The molecule has 3 saturated carbocycles. The highest BCUT2D eigenvalue weighted by atomic mass is 16.3. The van der Waals surface area contributed by atoms with E-state index in [1.807, 2.05) is 13.8 Å². The second-order valence-corrected chi connectivity index (χ2v) is 12.2. The highest BCUT2D eigenvalue weighted by molar-refractivity contribution is 6.08. The molecule has 0 aromatic heterocycles. The van der Waals surface area contributed by atoms with Gasteiger partial charge >= 0.3 is 0 Å². The number of Topliss-reactive ketones (excluding diaryl/α,β-unsaturated/α-hetero) is 2. The third-order valence-corrected chi connectivity index (χ3v) is 10.1. The van der Waals surface area contributed by atoms with Gasteiger partial charge in [0.25, 0.3) is 0 Å². The van der Waals surface area contributed by atoms with Gasteiger partial charge in [0, 0.05) is 31.9 Å². The molecule has 5 nitrogen and oxygen atoms in total. The molecule has 0 aromatic rings. The van der Waals surface area contributed by atoms with Gasteiger partial charge in [0.15, 0.2) is 11.6 Å². The number of carbonyl (C=O) groups excluding carboxylic acids is 3. The van der Waals surface area contributed by atoms with Gasteiger partial charge in [-0.3, -0.25) is 14.4 Å². The summed E-state index contributed by atoms with van der Waals surface area (Å²) in [6.45, 7) is 10.6. The van der Waals surface area contributed by atoms with E-state index in [1.165, 1.54) is 12.5 Å². The summed E-state index contributed by atoms with van der Waals surface area (Å²) in [4.78, 5) is 37.7. The molecule has 1 amide bonds. The maximum Gasteiger partial charge on any atom is 0.216 e. The highest BCUT2D eigenvalue weighted by Crippen LogP contribution is 2.65. The number of carbonyl (C=O) groups is 3. The van der Waals surface area contributed by atoms with E-state index in [4.69, 9.17) is 0 Å². The monoisotopic (exact) mass is 469 g/mol. The van der Waals surface area contributed by atoms with Crippen molar-refractivity contribution in [3.8, 4) is 0 Å². The molecule has 188 valence electrons. The lowest BCUT2D eigenvalue weighted by Crippen LogP contribution is -2.49. The summed E-state index contributed by atoms with van der Waals surface area (Å²) in [5.74, 6) is 1.79. The fourth-order valence-electron chi connectivity index (χ4n) is 8.03. The Morgan fingerprint density at radius 1 is 1.12 bits per heavy atom. The number of ketones is 2. The van der Waals surface area contributed by atoms with Crippen LogP contribution in [0.1, 0.15) is 92.4 Å². The van der Waals surface area contributed by atoms with Gasteiger partial charge in [-0.15, -0.1) is 0 Å². The summed E-state index contributed by atoms with van der Waals surface area (Å²) in [7, 11) is 0. The first-order chi connectivity index (χ1) is 16.0. The largest absolute Gasteiger partial charge is 0.393 e. The van der Waals surface area contributed by atoms with Crippen molar-refractivity contribution in [2.75, 3.05) is 6.54 Å². The fraction of sp³-hybridized carbons (Fsp3) is 0.759. The molecular weight excluding hydrogens is 426 g/mol. The molecule has 0 spiro atoms. The Morgan fingerprint density at radius 2 is 1.82 bits per heavy atom. The number of hydrogen-bond donors (Lipinski definition) is 2. The summed E-state index contributed by atoms with van der Waals surface area (Å²) in [6.07, 6.45) is 9.64. The second kappa shape index (κ2) is 9.37. The molecule has 34 heavy (non-hydrogen) atoms. The van der Waals surface area contributed by atoms with Gasteiger partial charge in [0.1, 0.15) is 0 Å². The van der Waals surface area contributed by atoms with Gasteiger partial charge in [0.2, 0.25) is 5.91 Å². The van der Waals surface area contributed by atoms with E-state index in [0.717, 1.165) is 44.1 Å². The molecule has 0 radical (unpaired) electrons. The van der Waals surface area contributed by atoms with Crippen molar-refractivity contribution >= 4 is 17.5 Å². The molecule has 0 unspecified atom stereocenters. The lowest BCUT2D eigenvalue weighted by Gasteiger charge is -2.57. The molecule has 3 fully saturated rings. The minimum atomic E-state index is -0.213. The Kier molecular flexibility index (Phi) is 6.98. The van der Waals surface area contributed by atoms with E-state index < -0.39 is 0 Å². The maximum atomic E-state index is 13.4. The molecule has 5 heteroatoms. The predicted molar refractivity (Wildman–Crippen MR) is 133 cm³/mol. The van der Waals surface area contributed by atoms with Gasteiger partial charge in [-0.05, 0) is 91.9 Å². The first-order valence-corrected chi connectivity index (χ1v) is 13.4. The van der Waals surface area contributed by atoms with Crippen molar-refractivity contribution in [1.82, 2.24) is 5.32 Å². The average molecular weight is 470 g/mol. The minimum absolute atomic E-state index is 0.0504. The molecule has 0 aliphatic heterocycles. The van der Waals surface area contributed by atoms with Crippen molar-refractivity contribution in [2.45, 2.75) is 98.5 Å². The highest BCUT2D eigenvalue weighted by Gasteiger charge is 2.59. The van der Waals surface area contributed by atoms with E-state index in [0.29, 0.717) is 49.1 Å². The Bertz CT molecular complexity index is 932. The van der Waals surface area contributed by atoms with Gasteiger partial charge in [-0.2, -0.15) is 0 Å². The van der Waals surface area contributed by atoms with Crippen LogP contribution in [0.3, 0.4) is 0 Å². The van der Waals surface area contributed by atoms with Crippen LogP contribution in [-0.2, 0) is 14.4 Å². The van der Waals surface area contributed by atoms with Crippen LogP contribution < -0.4 is 5.32 Å². The number of allylic oxidation sites excluding steroid dienone is 3. The van der Waals surface area contributed by atoms with Crippen LogP contribution in [0.4, 0.5) is 0 Å². The number of hydrogen-bond acceptors (Lipinski definition) is 4. The third-order valence-electron chi connectivity index (χ3n) is 10.1. The number of rotatable bonds is 6. The van der Waals surface area contributed by atoms with Crippen molar-refractivity contribution in [2.24, 2.45) is 34.5 Å². The van der Waals surface area contributed by atoms with Crippen LogP contribution >= 0.6 is 0 Å². The van der Waals surface area contributed by atoms with Gasteiger partial charge in [-0.25, -0.2) is 0 Å². The summed E-state index contributed by atoms with van der Waals surface area (Å²) in [5.41, 5.74) is 2.87. The Morgan fingerprint density at radius 3 is 2.53 bits per heavy atom. The summed E-state index contributed by atoms with van der Waals surface area (Å²) in [5, 5.41) is 13.0. The van der Waals surface area contributed by atoms with Gasteiger partial charge in [-0.1, -0.05) is 32.4 Å². The van der Waals surface area contributed by atoms with E-state index in [-0.39, 0.29) is 40.3 Å². The van der Waals surface area contributed by atoms with Crippen molar-refractivity contribution in [1.29, 1.82) is 0 Å². The van der Waals surface area contributed by atoms with Crippen LogP contribution in [0.25, 0.3) is 0 Å². The van der Waals surface area contributed by atoms with E-state index >= 15 is 0 Å². The second-order valence-electron chi connectivity index (χ2n) is 12.2. The number of nitrogens with one attached hydrogen (secondary N) is 1. The molecular formula is C29H43NO4. The molecule has 2 N–H and O–H groups in total. The number of fused-ring (bicyclic) bond motifs is 5. The third kappa shape index (κ3) is 4.34. The zero-order chi connectivity index (χ0) is 24.8. The van der Waals surface area contributed by atoms with Gasteiger partial charge in [0.05, 0.1) is 6.10 Å². The quantitative estimate of drug-likeness (QED) is 0.427. The molecule has 0 saturated heterocycles. The van der Waals surface area contributed by atoms with Crippen molar-refractivity contribution in [3.63, 3.8) is 0 Å². The Balaban J connectivity index is 1.52. The fourth-order valence-corrected chi connectivity index (χ4v) is 8.03. The van der Waals surface area contributed by atoms with Crippen LogP contribution in [0.2, 0.25) is 0 Å². The molecule has 0 heterocycles. The van der Waals surface area contributed by atoms with Crippen molar-refractivity contribution < 1.29 is 19.5 Å². The first-order valence-electron chi connectivity index (χ1n) is 13.4. The lowest BCUT2D eigenvalue weighted by atomic mass is 9.47. The van der Waals surface area contributed by atoms with Crippen molar-refractivity contribution in [3.05, 3.63) is 22.8 Å². The minimum Gasteiger partial charge on any atom is -0.393 e. The number of amides is 1. The van der Waals surface area contributed by atoms with Crippen LogP contribution in [0.5, 0.6) is 0 Å². The van der Waals surface area contributed by atoms with E-state index in [1.54, 1.807) is 0 Å². The molecule has 0 aromatic carbocycles. The SMILES string of the molecule is CC(=O)NC[C@@H](C)CCC(=O)/C(C)=C1\C(=O)C[C@H]2[C@H]3CC=C4C[C@@H](O)CC[C@]4(C)[C@@H]3CC[C@]12C. The van der Waals surface area contributed by atoms with Crippen LogP contribution in [0, 0.1) is 34.5 Å². The predicted octanol–water partition coefficient (Wildman–Crippen LogP) is 4.93. The molecule has 0 bridgehead atoms. The number of aliphatic hydroxyl groups excluding tert-OH is 1. The summed E-state index contributed by atoms with van der Waals surface area (Å²) < 4.78 is 0. The smallest absolute Gasteiger partial charge is 0.216 e. The molecule has 4 aliphatic carbocycles. The zero-order valence-corrected chi connectivity index (χ0v) is 21.7. The van der Waals surface area contributed by atoms with Crippen LogP contribution in [0.15, 0.2) is 22.8 Å². The maximum absolute atomic E-state index is 13.4. The van der Waals surface area contributed by atoms with Gasteiger partial charge < -0.3 is 10.4 Å². The molecule has 4 aliphatic rings. The summed E-state index contributed by atoms with van der Waals surface area (Å²) >= 11 is 0.